The lowest BCUT2D eigenvalue weighted by molar-refractivity contribution is -0.154. The third kappa shape index (κ3) is 4.80. The van der Waals surface area contributed by atoms with Crippen LogP contribution in [0.2, 0.25) is 0 Å². The molecule has 24 heavy (non-hydrogen) atoms. The number of carboxylic acids is 1. The summed E-state index contributed by atoms with van der Waals surface area (Å²) in [7, 11) is 1.52. The lowest BCUT2D eigenvalue weighted by Gasteiger charge is -2.31. The average molecular weight is 342 g/mol. The smallest absolute Gasteiger partial charge is 0.334 e. The maximum atomic E-state index is 13.5. The fourth-order valence-corrected chi connectivity index (χ4v) is 2.14. The number of hydrogen-bond acceptors (Lipinski definition) is 5. The first-order valence-electron chi connectivity index (χ1n) is 7.33. The van der Waals surface area contributed by atoms with Crippen molar-refractivity contribution in [2.24, 2.45) is 0 Å². The summed E-state index contributed by atoms with van der Waals surface area (Å²) in [6.07, 6.45) is -1.07. The molecule has 1 aliphatic rings. The Morgan fingerprint density at radius 3 is 2.96 bits per heavy atom. The van der Waals surface area contributed by atoms with Gasteiger partial charge in [-0.05, 0) is 12.1 Å². The van der Waals surface area contributed by atoms with Crippen LogP contribution in [0, 0.1) is 5.82 Å². The van der Waals surface area contributed by atoms with E-state index in [-0.39, 0.29) is 32.0 Å². The van der Waals surface area contributed by atoms with Crippen molar-refractivity contribution in [2.75, 3.05) is 45.3 Å². The number of morpholine rings is 1. The predicted molar refractivity (Wildman–Crippen MR) is 81.7 cm³/mol. The molecule has 1 aliphatic heterocycles. The molecule has 0 radical (unpaired) electrons. The molecule has 1 saturated heterocycles. The van der Waals surface area contributed by atoms with Crippen LogP contribution in [-0.2, 0) is 14.3 Å². The summed E-state index contributed by atoms with van der Waals surface area (Å²) in [4.78, 5) is 24.6. The first kappa shape index (κ1) is 18.0. The van der Waals surface area contributed by atoms with Gasteiger partial charge in [0.1, 0.15) is 18.2 Å². The van der Waals surface area contributed by atoms with Crippen LogP contribution in [0.1, 0.15) is 0 Å². The van der Waals surface area contributed by atoms with Crippen LogP contribution in [0.5, 0.6) is 5.75 Å². The first-order valence-corrected chi connectivity index (χ1v) is 7.33. The number of aliphatic carboxylic acids is 1. The molecule has 2 rings (SSSR count). The van der Waals surface area contributed by atoms with E-state index in [2.05, 4.69) is 5.32 Å². The fraction of sp³-hybridized carbons (Fsp3) is 0.467. The topological polar surface area (TPSA) is 97.3 Å². The SMILES string of the molecule is COCCOc1ccc(F)cc1NC(=O)N1CCOC(C(=O)O)C1. The van der Waals surface area contributed by atoms with Crippen molar-refractivity contribution in [3.05, 3.63) is 24.0 Å². The van der Waals surface area contributed by atoms with Crippen molar-refractivity contribution in [3.8, 4) is 5.75 Å². The van der Waals surface area contributed by atoms with Crippen LogP contribution in [0.3, 0.4) is 0 Å². The van der Waals surface area contributed by atoms with Gasteiger partial charge in [0.05, 0.1) is 25.4 Å². The van der Waals surface area contributed by atoms with Crippen LogP contribution in [0.4, 0.5) is 14.9 Å². The molecule has 0 bridgehead atoms. The second-order valence-corrected chi connectivity index (χ2v) is 5.06. The number of rotatable bonds is 6. The Kier molecular flexibility index (Phi) is 6.33. The van der Waals surface area contributed by atoms with Crippen molar-refractivity contribution < 1.29 is 33.3 Å². The van der Waals surface area contributed by atoms with Gasteiger partial charge in [-0.2, -0.15) is 0 Å². The Hall–Kier alpha value is -2.39. The number of carbonyl (C=O) groups excluding carboxylic acids is 1. The van der Waals surface area contributed by atoms with E-state index in [0.717, 1.165) is 6.07 Å². The van der Waals surface area contributed by atoms with Gasteiger partial charge in [-0.25, -0.2) is 14.0 Å². The zero-order valence-corrected chi connectivity index (χ0v) is 13.2. The number of anilines is 1. The van der Waals surface area contributed by atoms with Gasteiger partial charge >= 0.3 is 12.0 Å². The van der Waals surface area contributed by atoms with Gasteiger partial charge in [0.15, 0.2) is 6.10 Å². The predicted octanol–water partition coefficient (Wildman–Crippen LogP) is 1.17. The minimum atomic E-state index is -1.14. The molecule has 1 atom stereocenters. The van der Waals surface area contributed by atoms with Gasteiger partial charge in [-0.3, -0.25) is 0 Å². The zero-order chi connectivity index (χ0) is 17.5. The number of halogens is 1. The van der Waals surface area contributed by atoms with E-state index in [9.17, 15) is 14.0 Å². The highest BCUT2D eigenvalue weighted by Gasteiger charge is 2.29. The second kappa shape index (κ2) is 8.46. The van der Waals surface area contributed by atoms with Crippen LogP contribution >= 0.6 is 0 Å². The van der Waals surface area contributed by atoms with E-state index in [0.29, 0.717) is 12.4 Å². The lowest BCUT2D eigenvalue weighted by atomic mass is 10.2. The van der Waals surface area contributed by atoms with E-state index < -0.39 is 23.9 Å². The van der Waals surface area contributed by atoms with Crippen LogP contribution in [-0.4, -0.2) is 68.1 Å². The Labute approximate surface area is 138 Å². The normalized spacial score (nSPS) is 17.4. The number of hydrogen-bond donors (Lipinski definition) is 2. The van der Waals surface area contributed by atoms with E-state index >= 15 is 0 Å². The fourth-order valence-electron chi connectivity index (χ4n) is 2.14. The summed E-state index contributed by atoms with van der Waals surface area (Å²) < 4.78 is 28.8. The molecule has 1 aromatic rings. The highest BCUT2D eigenvalue weighted by Crippen LogP contribution is 2.26. The van der Waals surface area contributed by atoms with Gasteiger partial charge in [0.2, 0.25) is 0 Å². The largest absolute Gasteiger partial charge is 0.489 e. The van der Waals surface area contributed by atoms with Gasteiger partial charge in [0.25, 0.3) is 0 Å². The minimum Gasteiger partial charge on any atom is -0.489 e. The quantitative estimate of drug-likeness (QED) is 0.753. The highest BCUT2D eigenvalue weighted by molar-refractivity contribution is 5.91. The molecule has 1 aromatic carbocycles. The summed E-state index contributed by atoms with van der Waals surface area (Å²) in [6.45, 7) is 0.851. The molecule has 2 amide bonds. The van der Waals surface area contributed by atoms with Gasteiger partial charge in [-0.15, -0.1) is 0 Å². The number of amides is 2. The first-order chi connectivity index (χ1) is 11.5. The number of urea groups is 1. The standard InChI is InChI=1S/C15H19FN2O6/c1-22-6-7-24-12-3-2-10(16)8-11(12)17-15(21)18-4-5-23-13(9-18)14(19)20/h2-3,8,13H,4-7,9H2,1H3,(H,17,21)(H,19,20). The van der Waals surface area contributed by atoms with Crippen molar-refractivity contribution in [3.63, 3.8) is 0 Å². The highest BCUT2D eigenvalue weighted by atomic mass is 19.1. The van der Waals surface area contributed by atoms with E-state index in [1.165, 1.54) is 24.1 Å². The summed E-state index contributed by atoms with van der Waals surface area (Å²) in [5.74, 6) is -1.37. The maximum absolute atomic E-state index is 13.5. The Balaban J connectivity index is 2.04. The van der Waals surface area contributed by atoms with Crippen molar-refractivity contribution in [2.45, 2.75) is 6.10 Å². The molecule has 132 valence electrons. The Bertz CT molecular complexity index is 597. The zero-order valence-electron chi connectivity index (χ0n) is 13.2. The number of carbonyl (C=O) groups is 2. The average Bonchev–Trinajstić information content (AvgIpc) is 2.57. The Morgan fingerprint density at radius 2 is 2.25 bits per heavy atom. The maximum Gasteiger partial charge on any atom is 0.334 e. The monoisotopic (exact) mass is 342 g/mol. The molecule has 2 N–H and O–H groups in total. The Morgan fingerprint density at radius 1 is 1.46 bits per heavy atom. The number of nitrogens with one attached hydrogen (secondary N) is 1. The molecule has 1 unspecified atom stereocenters. The second-order valence-electron chi connectivity index (χ2n) is 5.06. The van der Waals surface area contributed by atoms with Gasteiger partial charge < -0.3 is 29.5 Å². The number of carboxylic acid groups (broad SMARTS) is 1. The van der Waals surface area contributed by atoms with Gasteiger partial charge in [-0.1, -0.05) is 0 Å². The molecule has 0 aromatic heterocycles. The third-order valence-electron chi connectivity index (χ3n) is 3.36. The van der Waals surface area contributed by atoms with Crippen molar-refractivity contribution >= 4 is 17.7 Å². The molecular weight excluding hydrogens is 323 g/mol. The lowest BCUT2D eigenvalue weighted by Crippen LogP contribution is -2.49. The van der Waals surface area contributed by atoms with E-state index in [4.69, 9.17) is 19.3 Å². The molecule has 9 heteroatoms. The number of nitrogens with zero attached hydrogens (tertiary/aromatic N) is 1. The summed E-state index contributed by atoms with van der Waals surface area (Å²) >= 11 is 0. The molecule has 1 heterocycles. The molecule has 0 spiro atoms. The van der Waals surface area contributed by atoms with Gasteiger partial charge in [0, 0.05) is 19.7 Å². The molecule has 1 fully saturated rings. The van der Waals surface area contributed by atoms with Crippen molar-refractivity contribution in [1.29, 1.82) is 0 Å². The summed E-state index contributed by atoms with van der Waals surface area (Å²) in [5.41, 5.74) is 0.162. The van der Waals surface area contributed by atoms with Crippen LogP contribution in [0.15, 0.2) is 18.2 Å². The van der Waals surface area contributed by atoms with E-state index in [1.54, 1.807) is 0 Å². The van der Waals surface area contributed by atoms with Crippen LogP contribution < -0.4 is 10.1 Å². The van der Waals surface area contributed by atoms with E-state index in [1.807, 2.05) is 0 Å². The summed E-state index contributed by atoms with van der Waals surface area (Å²) in [5, 5.41) is 11.5. The number of benzene rings is 1. The number of ether oxygens (including phenoxy) is 3. The molecule has 0 aliphatic carbocycles. The van der Waals surface area contributed by atoms with Crippen molar-refractivity contribution in [1.82, 2.24) is 4.90 Å². The number of methoxy groups -OCH3 is 1. The minimum absolute atomic E-state index is 0.0870. The summed E-state index contributed by atoms with van der Waals surface area (Å²) in [6, 6.07) is 3.20. The van der Waals surface area contributed by atoms with Crippen LogP contribution in [0.25, 0.3) is 0 Å². The molecule has 0 saturated carbocycles. The molecule has 8 nitrogen and oxygen atoms in total. The third-order valence-corrected chi connectivity index (χ3v) is 3.36. The molecular formula is C15H19FN2O6.